The van der Waals surface area contributed by atoms with E-state index in [9.17, 15) is 9.59 Å². The third-order valence-corrected chi connectivity index (χ3v) is 4.44. The Bertz CT molecular complexity index is 582. The van der Waals surface area contributed by atoms with Gasteiger partial charge in [0.25, 0.3) is 0 Å². The summed E-state index contributed by atoms with van der Waals surface area (Å²) in [5.74, 6) is 0.679. The smallest absolute Gasteiger partial charge is 0.406 e. The van der Waals surface area contributed by atoms with Crippen molar-refractivity contribution >= 4 is 18.2 Å². The molecule has 1 fully saturated rings. The van der Waals surface area contributed by atoms with Crippen LogP contribution in [-0.4, -0.2) is 31.8 Å². The summed E-state index contributed by atoms with van der Waals surface area (Å²) in [5.41, 5.74) is 2.59. The van der Waals surface area contributed by atoms with Gasteiger partial charge in [-0.15, -0.1) is 0 Å². The van der Waals surface area contributed by atoms with E-state index < -0.39 is 6.09 Å². The van der Waals surface area contributed by atoms with Crippen LogP contribution in [0.2, 0.25) is 0 Å². The molecule has 0 atom stereocenters. The van der Waals surface area contributed by atoms with Gasteiger partial charge in [-0.25, -0.2) is 4.79 Å². The van der Waals surface area contributed by atoms with Gasteiger partial charge in [0.05, 0.1) is 12.8 Å². The zero-order valence-electron chi connectivity index (χ0n) is 13.9. The number of nitrogens with one attached hydrogen (secondary N) is 2. The van der Waals surface area contributed by atoms with Gasteiger partial charge in [0, 0.05) is 13.0 Å². The molecule has 0 spiro atoms. The lowest BCUT2D eigenvalue weighted by atomic mass is 9.77. The number of carbonyl (C=O) groups excluding carboxylic acids is 2. The molecule has 0 saturated heterocycles. The molecule has 0 aliphatic heterocycles. The van der Waals surface area contributed by atoms with Gasteiger partial charge in [0.2, 0.25) is 6.41 Å². The fourth-order valence-corrected chi connectivity index (χ4v) is 2.72. The van der Waals surface area contributed by atoms with E-state index in [4.69, 9.17) is 4.74 Å². The zero-order chi connectivity index (χ0) is 16.9. The van der Waals surface area contributed by atoms with E-state index in [1.807, 2.05) is 26.0 Å². The minimum atomic E-state index is -0.436. The fourth-order valence-electron chi connectivity index (χ4n) is 2.72. The van der Waals surface area contributed by atoms with Crippen LogP contribution in [0.4, 0.5) is 10.5 Å². The number of alkyl carbamates (subject to hydrolysis) is 1. The van der Waals surface area contributed by atoms with Gasteiger partial charge in [-0.2, -0.15) is 0 Å². The minimum Gasteiger partial charge on any atom is -0.485 e. The number of carbonyl (C=O) groups is 2. The van der Waals surface area contributed by atoms with Gasteiger partial charge in [0.15, 0.2) is 0 Å². The Labute approximate surface area is 136 Å². The molecule has 1 saturated carbocycles. The number of hydrogen-bond donors (Lipinski definition) is 2. The van der Waals surface area contributed by atoms with Crippen LogP contribution in [0.5, 0.6) is 5.75 Å². The SMILES string of the molecule is COC(=O)NCCC1(Oc2cc(C)c(C)cc2NC=O)CCC1. The van der Waals surface area contributed by atoms with Crippen molar-refractivity contribution in [1.29, 1.82) is 0 Å². The summed E-state index contributed by atoms with van der Waals surface area (Å²) >= 11 is 0. The first kappa shape index (κ1) is 17.1. The average Bonchev–Trinajstić information content (AvgIpc) is 2.49. The van der Waals surface area contributed by atoms with Gasteiger partial charge in [-0.05, 0) is 56.4 Å². The number of rotatable bonds is 7. The van der Waals surface area contributed by atoms with Crippen LogP contribution < -0.4 is 15.4 Å². The molecule has 2 rings (SSSR count). The largest absolute Gasteiger partial charge is 0.485 e. The Morgan fingerprint density at radius 1 is 1.30 bits per heavy atom. The number of aryl methyl sites for hydroxylation is 2. The zero-order valence-corrected chi connectivity index (χ0v) is 13.9. The van der Waals surface area contributed by atoms with Crippen molar-refractivity contribution in [3.05, 3.63) is 23.3 Å². The third-order valence-electron chi connectivity index (χ3n) is 4.44. The maximum Gasteiger partial charge on any atom is 0.406 e. The van der Waals surface area contributed by atoms with Gasteiger partial charge in [0.1, 0.15) is 11.4 Å². The van der Waals surface area contributed by atoms with Gasteiger partial charge >= 0.3 is 6.09 Å². The van der Waals surface area contributed by atoms with Gasteiger partial charge < -0.3 is 20.1 Å². The van der Waals surface area contributed by atoms with Crippen molar-refractivity contribution in [3.63, 3.8) is 0 Å². The minimum absolute atomic E-state index is 0.290. The van der Waals surface area contributed by atoms with Crippen molar-refractivity contribution < 1.29 is 19.1 Å². The molecule has 0 bridgehead atoms. The first-order valence-corrected chi connectivity index (χ1v) is 7.82. The molecular formula is C17H24N2O4. The van der Waals surface area contributed by atoms with Crippen molar-refractivity contribution in [2.45, 2.75) is 45.1 Å². The van der Waals surface area contributed by atoms with Crippen molar-refractivity contribution in [2.75, 3.05) is 19.0 Å². The highest BCUT2D eigenvalue weighted by molar-refractivity contribution is 5.76. The Morgan fingerprint density at radius 3 is 2.57 bits per heavy atom. The lowest BCUT2D eigenvalue weighted by Gasteiger charge is -2.42. The molecule has 6 nitrogen and oxygen atoms in total. The molecule has 1 aromatic carbocycles. The molecule has 1 aliphatic carbocycles. The predicted molar refractivity (Wildman–Crippen MR) is 87.8 cm³/mol. The van der Waals surface area contributed by atoms with Crippen LogP contribution in [0.25, 0.3) is 0 Å². The molecule has 0 unspecified atom stereocenters. The summed E-state index contributed by atoms with van der Waals surface area (Å²) in [6.45, 7) is 4.50. The summed E-state index contributed by atoms with van der Waals surface area (Å²) in [7, 11) is 1.34. The number of hydrogen-bond acceptors (Lipinski definition) is 4. The highest BCUT2D eigenvalue weighted by Gasteiger charge is 2.39. The van der Waals surface area contributed by atoms with Crippen molar-refractivity contribution in [1.82, 2.24) is 5.32 Å². The lowest BCUT2D eigenvalue weighted by Crippen LogP contribution is -2.46. The maximum absolute atomic E-state index is 11.2. The quantitative estimate of drug-likeness (QED) is 0.757. The fraction of sp³-hybridized carbons (Fsp3) is 0.529. The number of benzene rings is 1. The summed E-state index contributed by atoms with van der Waals surface area (Å²) in [6.07, 6.45) is 3.89. The van der Waals surface area contributed by atoms with Crippen LogP contribution >= 0.6 is 0 Å². The molecule has 126 valence electrons. The summed E-state index contributed by atoms with van der Waals surface area (Å²) in [6, 6.07) is 3.87. The molecule has 0 aromatic heterocycles. The van der Waals surface area contributed by atoms with Crippen LogP contribution in [0.3, 0.4) is 0 Å². The van der Waals surface area contributed by atoms with Gasteiger partial charge in [-0.1, -0.05) is 0 Å². The topological polar surface area (TPSA) is 76.7 Å². The molecule has 6 heteroatoms. The maximum atomic E-state index is 11.2. The highest BCUT2D eigenvalue weighted by Crippen LogP contribution is 2.41. The number of anilines is 1. The molecule has 2 N–H and O–H groups in total. The van der Waals surface area contributed by atoms with E-state index in [2.05, 4.69) is 15.4 Å². The second-order valence-electron chi connectivity index (χ2n) is 6.00. The van der Waals surface area contributed by atoms with Crippen LogP contribution in [0.15, 0.2) is 12.1 Å². The third kappa shape index (κ3) is 4.15. The number of ether oxygens (including phenoxy) is 2. The van der Waals surface area contributed by atoms with E-state index in [1.54, 1.807) is 0 Å². The van der Waals surface area contributed by atoms with E-state index in [-0.39, 0.29) is 5.60 Å². The standard InChI is InChI=1S/C17H24N2O4/c1-12-9-14(19-11-20)15(10-13(12)2)23-17(5-4-6-17)7-8-18-16(21)22-3/h9-11H,4-8H2,1-3H3,(H,18,21)(H,19,20). The number of amides is 2. The molecule has 1 aromatic rings. The van der Waals surface area contributed by atoms with Crippen LogP contribution in [0, 0.1) is 13.8 Å². The highest BCUT2D eigenvalue weighted by atomic mass is 16.5. The monoisotopic (exact) mass is 320 g/mol. The predicted octanol–water partition coefficient (Wildman–Crippen LogP) is 2.92. The van der Waals surface area contributed by atoms with E-state index in [0.29, 0.717) is 30.8 Å². The van der Waals surface area contributed by atoms with E-state index in [0.717, 1.165) is 30.4 Å². The van der Waals surface area contributed by atoms with Gasteiger partial charge in [-0.3, -0.25) is 4.79 Å². The van der Waals surface area contributed by atoms with Crippen LogP contribution in [0.1, 0.15) is 36.8 Å². The molecule has 23 heavy (non-hydrogen) atoms. The average molecular weight is 320 g/mol. The Kier molecular flexibility index (Phi) is 5.47. The Morgan fingerprint density at radius 2 is 2.00 bits per heavy atom. The van der Waals surface area contributed by atoms with Crippen molar-refractivity contribution in [2.24, 2.45) is 0 Å². The van der Waals surface area contributed by atoms with E-state index >= 15 is 0 Å². The summed E-state index contributed by atoms with van der Waals surface area (Å²) in [5, 5.41) is 5.39. The summed E-state index contributed by atoms with van der Waals surface area (Å²) in [4.78, 5) is 22.0. The first-order valence-electron chi connectivity index (χ1n) is 7.82. The molecular weight excluding hydrogens is 296 g/mol. The molecule has 2 amide bonds. The van der Waals surface area contributed by atoms with E-state index in [1.165, 1.54) is 7.11 Å². The normalized spacial score (nSPS) is 15.3. The number of methoxy groups -OCH3 is 1. The first-order chi connectivity index (χ1) is 11.0. The summed E-state index contributed by atoms with van der Waals surface area (Å²) < 4.78 is 10.8. The molecule has 0 radical (unpaired) electrons. The van der Waals surface area contributed by atoms with Crippen LogP contribution in [-0.2, 0) is 9.53 Å². The Hall–Kier alpha value is -2.24. The Balaban J connectivity index is 2.10. The molecule has 1 aliphatic rings. The molecule has 0 heterocycles. The lowest BCUT2D eigenvalue weighted by molar-refractivity contribution is -0.105. The second-order valence-corrected chi connectivity index (χ2v) is 6.00. The second kappa shape index (κ2) is 7.35. The van der Waals surface area contributed by atoms with Crippen molar-refractivity contribution in [3.8, 4) is 5.75 Å².